The first-order chi connectivity index (χ1) is 18.9. The van der Waals surface area contributed by atoms with Crippen molar-refractivity contribution in [1.82, 2.24) is 10.2 Å². The van der Waals surface area contributed by atoms with Crippen LogP contribution in [0.4, 0.5) is 10.1 Å². The first kappa shape index (κ1) is 31.4. The summed E-state index contributed by atoms with van der Waals surface area (Å²) in [6.07, 6.45) is 0.252. The average Bonchev–Trinajstić information content (AvgIpc) is 2.93. The number of carbonyl (C=O) groups is 2. The van der Waals surface area contributed by atoms with Crippen LogP contribution in [0.25, 0.3) is 0 Å². The molecule has 7 nitrogen and oxygen atoms in total. The largest absolute Gasteiger partial charge is 0.354 e. The van der Waals surface area contributed by atoms with Gasteiger partial charge in [-0.15, -0.1) is 0 Å². The molecule has 0 aliphatic heterocycles. The van der Waals surface area contributed by atoms with Gasteiger partial charge in [0.15, 0.2) is 0 Å². The third-order valence-electron chi connectivity index (χ3n) is 6.14. The first-order valence-corrected chi connectivity index (χ1v) is 15.0. The predicted octanol–water partition coefficient (Wildman–Crippen LogP) is 5.91. The van der Waals surface area contributed by atoms with Gasteiger partial charge in [-0.3, -0.25) is 13.9 Å². The van der Waals surface area contributed by atoms with Crippen LogP contribution >= 0.6 is 23.2 Å². The molecule has 0 bridgehead atoms. The van der Waals surface area contributed by atoms with Gasteiger partial charge in [0.2, 0.25) is 11.8 Å². The number of nitrogens with one attached hydrogen (secondary N) is 1. The van der Waals surface area contributed by atoms with E-state index in [1.54, 1.807) is 31.2 Å². The quantitative estimate of drug-likeness (QED) is 0.277. The summed E-state index contributed by atoms with van der Waals surface area (Å²) in [5, 5.41) is 3.44. The normalized spacial score (nSPS) is 12.2. The Morgan fingerprint density at radius 1 is 0.950 bits per heavy atom. The SMILES string of the molecule is CCC(C(=O)NCC(C)C)N(Cc1ccc(Cl)c(Cl)c1)C(=O)CN(c1ccccc1F)S(=O)(=O)c1ccccc1. The molecule has 40 heavy (non-hydrogen) atoms. The molecule has 0 saturated heterocycles. The van der Waals surface area contributed by atoms with E-state index in [2.05, 4.69) is 5.32 Å². The molecule has 2 amide bonds. The Kier molecular flexibility index (Phi) is 11.0. The van der Waals surface area contributed by atoms with E-state index < -0.39 is 34.3 Å². The van der Waals surface area contributed by atoms with Gasteiger partial charge in [-0.2, -0.15) is 0 Å². The summed E-state index contributed by atoms with van der Waals surface area (Å²) in [4.78, 5) is 28.4. The van der Waals surface area contributed by atoms with Crippen molar-refractivity contribution in [3.05, 3.63) is 94.2 Å². The third-order valence-corrected chi connectivity index (χ3v) is 8.65. The van der Waals surface area contributed by atoms with Crippen LogP contribution in [0.2, 0.25) is 10.0 Å². The van der Waals surface area contributed by atoms with E-state index >= 15 is 0 Å². The number of halogens is 3. The molecule has 0 aliphatic rings. The average molecular weight is 609 g/mol. The summed E-state index contributed by atoms with van der Waals surface area (Å²) in [7, 11) is -4.36. The van der Waals surface area contributed by atoms with Gasteiger partial charge < -0.3 is 10.2 Å². The van der Waals surface area contributed by atoms with Gasteiger partial charge in [0.25, 0.3) is 10.0 Å². The second kappa shape index (κ2) is 14.0. The van der Waals surface area contributed by atoms with Gasteiger partial charge in [0, 0.05) is 13.1 Å². The van der Waals surface area contributed by atoms with Gasteiger partial charge in [0.05, 0.1) is 20.6 Å². The van der Waals surface area contributed by atoms with Crippen molar-refractivity contribution in [2.75, 3.05) is 17.4 Å². The van der Waals surface area contributed by atoms with Gasteiger partial charge in [0.1, 0.15) is 18.4 Å². The Morgan fingerprint density at radius 2 is 1.60 bits per heavy atom. The lowest BCUT2D eigenvalue weighted by Crippen LogP contribution is -2.52. The highest BCUT2D eigenvalue weighted by atomic mass is 35.5. The van der Waals surface area contributed by atoms with Crippen LogP contribution in [-0.2, 0) is 26.2 Å². The van der Waals surface area contributed by atoms with E-state index in [1.165, 1.54) is 47.4 Å². The minimum atomic E-state index is -4.36. The maximum atomic E-state index is 15.0. The molecule has 0 heterocycles. The van der Waals surface area contributed by atoms with Gasteiger partial charge in [-0.1, -0.05) is 80.4 Å². The fraction of sp³-hybridized carbons (Fsp3) is 0.310. The third kappa shape index (κ3) is 7.74. The molecular formula is C29H32Cl2FN3O4S. The fourth-order valence-corrected chi connectivity index (χ4v) is 5.83. The fourth-order valence-electron chi connectivity index (χ4n) is 4.06. The lowest BCUT2D eigenvalue weighted by atomic mass is 10.1. The van der Waals surface area contributed by atoms with Crippen molar-refractivity contribution < 1.29 is 22.4 Å². The number of anilines is 1. The zero-order valence-corrected chi connectivity index (χ0v) is 24.8. The summed E-state index contributed by atoms with van der Waals surface area (Å²) in [5.74, 6) is -1.71. The standard InChI is InChI=1S/C29H32Cl2FN3O4S/c1-4-26(29(37)33-17-20(2)3)34(18-21-14-15-23(30)24(31)16-21)28(36)19-35(27-13-9-8-12-25(27)32)40(38,39)22-10-6-5-7-11-22/h5-16,20,26H,4,17-19H2,1-3H3,(H,33,37). The van der Waals surface area contributed by atoms with Crippen molar-refractivity contribution in [2.45, 2.75) is 44.7 Å². The number of hydrogen-bond donors (Lipinski definition) is 1. The van der Waals surface area contributed by atoms with Crippen LogP contribution in [0.3, 0.4) is 0 Å². The minimum absolute atomic E-state index is 0.0557. The molecule has 3 rings (SSSR count). The Labute approximate surface area is 244 Å². The van der Waals surface area contributed by atoms with E-state index in [-0.39, 0.29) is 40.4 Å². The van der Waals surface area contributed by atoms with Crippen LogP contribution in [0.15, 0.2) is 77.7 Å². The van der Waals surface area contributed by atoms with Crippen molar-refractivity contribution >= 4 is 50.7 Å². The topological polar surface area (TPSA) is 86.8 Å². The highest BCUT2D eigenvalue weighted by molar-refractivity contribution is 7.92. The number of carbonyl (C=O) groups excluding carboxylic acids is 2. The second-order valence-corrected chi connectivity index (χ2v) is 12.3. The molecule has 0 spiro atoms. The van der Waals surface area contributed by atoms with Crippen molar-refractivity contribution in [2.24, 2.45) is 5.92 Å². The van der Waals surface area contributed by atoms with Crippen LogP contribution in [-0.4, -0.2) is 44.3 Å². The number of para-hydroxylation sites is 1. The van der Waals surface area contributed by atoms with Crippen molar-refractivity contribution in [3.8, 4) is 0 Å². The lowest BCUT2D eigenvalue weighted by molar-refractivity contribution is -0.140. The van der Waals surface area contributed by atoms with Crippen LogP contribution in [0.1, 0.15) is 32.8 Å². The van der Waals surface area contributed by atoms with Gasteiger partial charge >= 0.3 is 0 Å². The molecule has 0 radical (unpaired) electrons. The van der Waals surface area contributed by atoms with Crippen LogP contribution in [0.5, 0.6) is 0 Å². The number of amides is 2. The van der Waals surface area contributed by atoms with Gasteiger partial charge in [-0.05, 0) is 54.3 Å². The molecule has 11 heteroatoms. The van der Waals surface area contributed by atoms with Crippen molar-refractivity contribution in [3.63, 3.8) is 0 Å². The summed E-state index contributed by atoms with van der Waals surface area (Å²) in [5.41, 5.74) is 0.299. The molecule has 1 atom stereocenters. The van der Waals surface area contributed by atoms with E-state index in [9.17, 15) is 22.4 Å². The summed E-state index contributed by atoms with van der Waals surface area (Å²) >= 11 is 12.3. The lowest BCUT2D eigenvalue weighted by Gasteiger charge is -2.33. The molecular weight excluding hydrogens is 576 g/mol. The summed E-state index contributed by atoms with van der Waals surface area (Å²) < 4.78 is 43.1. The maximum absolute atomic E-state index is 15.0. The monoisotopic (exact) mass is 607 g/mol. The molecule has 3 aromatic carbocycles. The molecule has 0 aliphatic carbocycles. The molecule has 214 valence electrons. The van der Waals surface area contributed by atoms with E-state index in [4.69, 9.17) is 23.2 Å². The van der Waals surface area contributed by atoms with Crippen molar-refractivity contribution in [1.29, 1.82) is 0 Å². The smallest absolute Gasteiger partial charge is 0.264 e. The van der Waals surface area contributed by atoms with Crippen LogP contribution < -0.4 is 9.62 Å². The highest BCUT2D eigenvalue weighted by Crippen LogP contribution is 2.28. The molecule has 1 N–H and O–H groups in total. The predicted molar refractivity (Wildman–Crippen MR) is 156 cm³/mol. The molecule has 1 unspecified atom stereocenters. The van der Waals surface area contributed by atoms with Gasteiger partial charge in [-0.25, -0.2) is 12.8 Å². The summed E-state index contributed by atoms with van der Waals surface area (Å²) in [6, 6.07) is 16.7. The number of rotatable bonds is 12. The molecule has 0 fully saturated rings. The molecule has 0 saturated carbocycles. The maximum Gasteiger partial charge on any atom is 0.264 e. The number of nitrogens with zero attached hydrogens (tertiary/aromatic N) is 2. The highest BCUT2D eigenvalue weighted by Gasteiger charge is 2.34. The zero-order chi connectivity index (χ0) is 29.4. The number of sulfonamides is 1. The number of hydrogen-bond acceptors (Lipinski definition) is 4. The Bertz CT molecular complexity index is 1440. The van der Waals surface area contributed by atoms with E-state index in [0.29, 0.717) is 17.1 Å². The Hall–Kier alpha value is -3.14. The summed E-state index contributed by atoms with van der Waals surface area (Å²) in [6.45, 7) is 5.24. The van der Waals surface area contributed by atoms with E-state index in [1.807, 2.05) is 13.8 Å². The van der Waals surface area contributed by atoms with E-state index in [0.717, 1.165) is 10.4 Å². The van der Waals surface area contributed by atoms with Crippen LogP contribution in [0, 0.1) is 11.7 Å². The molecule has 3 aromatic rings. The minimum Gasteiger partial charge on any atom is -0.354 e. The second-order valence-electron chi connectivity index (χ2n) is 9.61. The Morgan fingerprint density at radius 3 is 2.20 bits per heavy atom. The zero-order valence-electron chi connectivity index (χ0n) is 22.5. The number of benzene rings is 3. The Balaban J connectivity index is 2.06. The first-order valence-electron chi connectivity index (χ1n) is 12.8. The molecule has 0 aromatic heterocycles.